The van der Waals surface area contributed by atoms with Crippen LogP contribution in [-0.4, -0.2) is 47.7 Å². The minimum atomic E-state index is -4.62. The van der Waals surface area contributed by atoms with Gasteiger partial charge in [-0.3, -0.25) is 0 Å². The molecule has 0 spiro atoms. The van der Waals surface area contributed by atoms with Gasteiger partial charge in [0.25, 0.3) is 0 Å². The van der Waals surface area contributed by atoms with Crippen molar-refractivity contribution in [1.82, 2.24) is 15.5 Å². The molecule has 11 heteroatoms. The molecule has 1 saturated heterocycles. The number of hydrogen-bond acceptors (Lipinski definition) is 8. The molecule has 0 amide bonds. The fraction of sp³-hybridized carbons (Fsp3) is 0.417. The van der Waals surface area contributed by atoms with Crippen LogP contribution >= 0.6 is 0 Å². The molecule has 2 N–H and O–H groups in total. The van der Waals surface area contributed by atoms with E-state index in [4.69, 9.17) is 18.7 Å². The molecule has 186 valence electrons. The number of ether oxygens (including phenoxy) is 3. The van der Waals surface area contributed by atoms with Crippen molar-refractivity contribution < 1.29 is 37.0 Å². The van der Waals surface area contributed by atoms with Crippen LogP contribution < -0.4 is 19.5 Å². The first-order chi connectivity index (χ1) is 16.9. The van der Waals surface area contributed by atoms with E-state index in [-0.39, 0.29) is 35.7 Å². The first-order valence-corrected chi connectivity index (χ1v) is 11.3. The van der Waals surface area contributed by atoms with Crippen LogP contribution in [0.4, 0.5) is 13.2 Å². The molecule has 2 aliphatic rings. The Bertz CT molecular complexity index is 1180. The zero-order valence-corrected chi connectivity index (χ0v) is 18.7. The maximum Gasteiger partial charge on any atom is 0.419 e. The second kappa shape index (κ2) is 9.74. The minimum absolute atomic E-state index is 0.0406. The van der Waals surface area contributed by atoms with Gasteiger partial charge in [0.2, 0.25) is 11.7 Å². The number of aryl methyl sites for hydroxylation is 1. The fourth-order valence-corrected chi connectivity index (χ4v) is 4.12. The Morgan fingerprint density at radius 2 is 1.91 bits per heavy atom. The summed E-state index contributed by atoms with van der Waals surface area (Å²) in [6, 6.07) is 8.99. The molecule has 0 aliphatic carbocycles. The second-order valence-corrected chi connectivity index (χ2v) is 8.45. The molecule has 0 radical (unpaired) electrons. The highest BCUT2D eigenvalue weighted by atomic mass is 19.4. The smallest absolute Gasteiger partial charge is 0.419 e. The molecule has 3 aromatic rings. The quantitative estimate of drug-likeness (QED) is 0.480. The van der Waals surface area contributed by atoms with Crippen molar-refractivity contribution in [1.29, 1.82) is 0 Å². The molecular weight excluding hydrogens is 467 g/mol. The Labute approximate surface area is 199 Å². The van der Waals surface area contributed by atoms with E-state index in [1.54, 1.807) is 0 Å². The number of nitrogens with zero attached hydrogens (tertiary/aromatic N) is 2. The van der Waals surface area contributed by atoms with Gasteiger partial charge >= 0.3 is 6.18 Å². The average molecular weight is 491 g/mol. The van der Waals surface area contributed by atoms with Gasteiger partial charge in [-0.2, -0.15) is 18.2 Å². The Hall–Kier alpha value is -3.31. The summed E-state index contributed by atoms with van der Waals surface area (Å²) in [6.07, 6.45) is -3.61. The molecule has 5 rings (SSSR count). The molecule has 8 nitrogen and oxygen atoms in total. The van der Waals surface area contributed by atoms with Crippen LogP contribution in [0.1, 0.15) is 35.9 Å². The van der Waals surface area contributed by atoms with Gasteiger partial charge in [-0.15, -0.1) is 0 Å². The van der Waals surface area contributed by atoms with Gasteiger partial charge in [0.05, 0.1) is 24.3 Å². The predicted molar refractivity (Wildman–Crippen MR) is 117 cm³/mol. The molecule has 2 aliphatic heterocycles. The van der Waals surface area contributed by atoms with E-state index >= 15 is 0 Å². The average Bonchev–Trinajstić information content (AvgIpc) is 3.50. The summed E-state index contributed by atoms with van der Waals surface area (Å²) < 4.78 is 63.1. The van der Waals surface area contributed by atoms with Crippen LogP contribution in [0.5, 0.6) is 17.2 Å². The topological polar surface area (TPSA) is 98.9 Å². The van der Waals surface area contributed by atoms with E-state index in [1.165, 1.54) is 12.1 Å². The molecule has 2 aromatic carbocycles. The van der Waals surface area contributed by atoms with Crippen LogP contribution in [-0.2, 0) is 12.6 Å². The summed E-state index contributed by atoms with van der Waals surface area (Å²) in [5.74, 6) is 1.38. The Morgan fingerprint density at radius 3 is 2.69 bits per heavy atom. The van der Waals surface area contributed by atoms with Crippen molar-refractivity contribution >= 4 is 0 Å². The maximum atomic E-state index is 13.8. The van der Waals surface area contributed by atoms with Gasteiger partial charge in [0, 0.05) is 12.1 Å². The van der Waals surface area contributed by atoms with Crippen molar-refractivity contribution in [2.45, 2.75) is 37.6 Å². The standard InChI is InChI=1S/C24H24F3N3O5/c25-24(26,27)17-11-15(22-29-23(35-30-22)18-12-16(31)13-28-18)4-6-19(17)32-7-1-2-14-3-5-20-21(10-14)34-9-8-33-20/h3-6,10-11,16,18,28,31H,1-2,7-9,12-13H2/t16-,18+/m1/s1. The Kier molecular flexibility index (Phi) is 6.52. The summed E-state index contributed by atoms with van der Waals surface area (Å²) in [7, 11) is 0. The Balaban J connectivity index is 1.24. The summed E-state index contributed by atoms with van der Waals surface area (Å²) in [6.45, 7) is 1.50. The first-order valence-electron chi connectivity index (χ1n) is 11.3. The number of benzene rings is 2. The number of halogens is 3. The van der Waals surface area contributed by atoms with Crippen molar-refractivity contribution in [3.63, 3.8) is 0 Å². The third-order valence-electron chi connectivity index (χ3n) is 5.86. The number of aliphatic hydroxyl groups is 1. The largest absolute Gasteiger partial charge is 0.493 e. The molecule has 1 fully saturated rings. The van der Waals surface area contributed by atoms with E-state index in [0.717, 1.165) is 11.6 Å². The number of β-amino-alcohol motifs (C(OH)–C–C–N with tert-alkyl or cyclic N) is 1. The molecule has 3 heterocycles. The molecule has 1 aromatic heterocycles. The second-order valence-electron chi connectivity index (χ2n) is 8.45. The van der Waals surface area contributed by atoms with E-state index in [1.807, 2.05) is 18.2 Å². The number of nitrogens with one attached hydrogen (secondary N) is 1. The van der Waals surface area contributed by atoms with Gasteiger partial charge in [-0.1, -0.05) is 11.2 Å². The zero-order chi connectivity index (χ0) is 24.4. The predicted octanol–water partition coefficient (Wildman–Crippen LogP) is 3.93. The van der Waals surface area contributed by atoms with Gasteiger partial charge in [-0.25, -0.2) is 0 Å². The third-order valence-corrected chi connectivity index (χ3v) is 5.86. The third kappa shape index (κ3) is 5.35. The van der Waals surface area contributed by atoms with Gasteiger partial charge in [-0.05, 0) is 55.2 Å². The highest BCUT2D eigenvalue weighted by Crippen LogP contribution is 2.39. The summed E-state index contributed by atoms with van der Waals surface area (Å²) >= 11 is 0. The monoisotopic (exact) mass is 491 g/mol. The fourth-order valence-electron chi connectivity index (χ4n) is 4.12. The number of aromatic nitrogens is 2. The minimum Gasteiger partial charge on any atom is -0.493 e. The lowest BCUT2D eigenvalue weighted by atomic mass is 10.1. The highest BCUT2D eigenvalue weighted by molar-refractivity contribution is 5.59. The molecule has 35 heavy (non-hydrogen) atoms. The lowest BCUT2D eigenvalue weighted by molar-refractivity contribution is -0.138. The number of rotatable bonds is 7. The van der Waals surface area contributed by atoms with Crippen LogP contribution in [0.3, 0.4) is 0 Å². The van der Waals surface area contributed by atoms with Gasteiger partial charge in [0.1, 0.15) is 19.0 Å². The van der Waals surface area contributed by atoms with E-state index in [2.05, 4.69) is 15.5 Å². The van der Waals surface area contributed by atoms with E-state index < -0.39 is 17.8 Å². The van der Waals surface area contributed by atoms with Crippen LogP contribution in [0.15, 0.2) is 40.9 Å². The number of fused-ring (bicyclic) bond motifs is 1. The van der Waals surface area contributed by atoms with E-state index in [0.29, 0.717) is 50.5 Å². The van der Waals surface area contributed by atoms with Crippen molar-refractivity contribution in [3.8, 4) is 28.6 Å². The van der Waals surface area contributed by atoms with Crippen molar-refractivity contribution in [3.05, 3.63) is 53.4 Å². The summed E-state index contributed by atoms with van der Waals surface area (Å²) in [5.41, 5.74) is 0.242. The molecule has 0 bridgehead atoms. The summed E-state index contributed by atoms with van der Waals surface area (Å²) in [4.78, 5) is 4.21. The van der Waals surface area contributed by atoms with Crippen molar-refractivity contribution in [2.24, 2.45) is 0 Å². The normalized spacial score (nSPS) is 19.7. The van der Waals surface area contributed by atoms with Gasteiger partial charge < -0.3 is 29.2 Å². The molecular formula is C24H24F3N3O5. The molecule has 2 atom stereocenters. The SMILES string of the molecule is O[C@H]1CN[C@H](c2nc(-c3ccc(OCCCc4ccc5c(c4)OCCO5)c(C(F)(F)F)c3)no2)C1. The van der Waals surface area contributed by atoms with E-state index in [9.17, 15) is 18.3 Å². The van der Waals surface area contributed by atoms with Crippen LogP contribution in [0, 0.1) is 0 Å². The molecule has 0 unspecified atom stereocenters. The highest BCUT2D eigenvalue weighted by Gasteiger charge is 2.35. The molecule has 0 saturated carbocycles. The maximum absolute atomic E-state index is 13.8. The first kappa shape index (κ1) is 23.4. The summed E-state index contributed by atoms with van der Waals surface area (Å²) in [5, 5.41) is 16.5. The number of aliphatic hydroxyl groups excluding tert-OH is 1. The lowest BCUT2D eigenvalue weighted by Crippen LogP contribution is -2.15. The lowest BCUT2D eigenvalue weighted by Gasteiger charge is -2.19. The van der Waals surface area contributed by atoms with Crippen LogP contribution in [0.25, 0.3) is 11.4 Å². The Morgan fingerprint density at radius 1 is 1.09 bits per heavy atom. The van der Waals surface area contributed by atoms with Gasteiger partial charge in [0.15, 0.2) is 11.5 Å². The van der Waals surface area contributed by atoms with Crippen LogP contribution in [0.2, 0.25) is 0 Å². The number of alkyl halides is 3. The number of hydrogen-bond donors (Lipinski definition) is 2. The zero-order valence-electron chi connectivity index (χ0n) is 18.7. The van der Waals surface area contributed by atoms with Crippen molar-refractivity contribution in [2.75, 3.05) is 26.4 Å².